The van der Waals surface area contributed by atoms with E-state index in [1.165, 1.54) is 77.0 Å². The molecule has 5 nitrogen and oxygen atoms in total. The molecule has 0 radical (unpaired) electrons. The SMILES string of the molecule is CCCCCCCCOP(=O)(OCCCCCCCC)OCCCCCCCC.N. The van der Waals surface area contributed by atoms with Crippen LogP contribution in [0, 0.1) is 0 Å². The summed E-state index contributed by atoms with van der Waals surface area (Å²) in [6.07, 6.45) is 21.3. The van der Waals surface area contributed by atoms with Gasteiger partial charge in [-0.05, 0) is 19.3 Å². The number of rotatable bonds is 24. The first-order valence-corrected chi connectivity index (χ1v) is 14.2. The number of unbranched alkanes of at least 4 members (excludes halogenated alkanes) is 15. The molecule has 30 heavy (non-hydrogen) atoms. The molecule has 0 aliphatic carbocycles. The number of hydrogen-bond acceptors (Lipinski definition) is 5. The van der Waals surface area contributed by atoms with E-state index in [0.717, 1.165) is 38.5 Å². The zero-order chi connectivity index (χ0) is 21.5. The fraction of sp³-hybridized carbons (Fsp3) is 1.00. The minimum Gasteiger partial charge on any atom is -0.344 e. The first-order valence-electron chi connectivity index (χ1n) is 12.7. The fourth-order valence-corrected chi connectivity index (χ4v) is 4.57. The molecule has 0 aromatic carbocycles. The molecule has 0 amide bonds. The topological polar surface area (TPSA) is 79.8 Å². The lowest BCUT2D eigenvalue weighted by Gasteiger charge is -2.18. The highest BCUT2D eigenvalue weighted by Crippen LogP contribution is 2.50. The van der Waals surface area contributed by atoms with E-state index in [2.05, 4.69) is 20.8 Å². The van der Waals surface area contributed by atoms with Gasteiger partial charge in [0.1, 0.15) is 0 Å². The van der Waals surface area contributed by atoms with Crippen molar-refractivity contribution in [1.82, 2.24) is 6.15 Å². The highest BCUT2D eigenvalue weighted by molar-refractivity contribution is 7.48. The molecule has 0 aromatic rings. The minimum atomic E-state index is -3.40. The summed E-state index contributed by atoms with van der Waals surface area (Å²) in [6, 6.07) is 0. The standard InChI is InChI=1S/C24H51O4P.H3N/c1-4-7-10-13-16-19-22-26-29(25,27-23-20-17-14-11-8-5-2)28-24-21-18-15-12-9-6-3;/h4-24H2,1-3H3;1H3. The lowest BCUT2D eigenvalue weighted by Crippen LogP contribution is -2.04. The van der Waals surface area contributed by atoms with Gasteiger partial charge in [0.15, 0.2) is 0 Å². The van der Waals surface area contributed by atoms with Crippen molar-refractivity contribution in [1.29, 1.82) is 0 Å². The summed E-state index contributed by atoms with van der Waals surface area (Å²) in [5.74, 6) is 0. The lowest BCUT2D eigenvalue weighted by molar-refractivity contribution is 0.108. The van der Waals surface area contributed by atoms with E-state index in [-0.39, 0.29) is 6.15 Å². The molecule has 3 N–H and O–H groups in total. The Labute approximate surface area is 188 Å². The monoisotopic (exact) mass is 451 g/mol. The van der Waals surface area contributed by atoms with Crippen molar-refractivity contribution >= 4 is 7.82 Å². The molecule has 0 heterocycles. The second-order valence-corrected chi connectivity index (χ2v) is 9.92. The van der Waals surface area contributed by atoms with Gasteiger partial charge in [-0.25, -0.2) is 4.57 Å². The van der Waals surface area contributed by atoms with Gasteiger partial charge in [0.25, 0.3) is 0 Å². The summed E-state index contributed by atoms with van der Waals surface area (Å²) in [5, 5.41) is 0. The summed E-state index contributed by atoms with van der Waals surface area (Å²) >= 11 is 0. The third-order valence-electron chi connectivity index (χ3n) is 5.24. The molecule has 0 aliphatic rings. The van der Waals surface area contributed by atoms with Gasteiger partial charge in [-0.2, -0.15) is 0 Å². The number of phosphoric acid groups is 1. The van der Waals surface area contributed by atoms with Gasteiger partial charge in [0.05, 0.1) is 19.8 Å². The molecule has 0 fully saturated rings. The van der Waals surface area contributed by atoms with Crippen molar-refractivity contribution in [2.24, 2.45) is 0 Å². The quantitative estimate of drug-likeness (QED) is 0.117. The zero-order valence-electron chi connectivity index (χ0n) is 20.6. The molecule has 0 saturated carbocycles. The smallest absolute Gasteiger partial charge is 0.344 e. The van der Waals surface area contributed by atoms with Gasteiger partial charge in [0.2, 0.25) is 0 Å². The second-order valence-electron chi connectivity index (χ2n) is 8.25. The number of hydrogen-bond donors (Lipinski definition) is 1. The third kappa shape index (κ3) is 22.7. The molecule has 0 rings (SSSR count). The summed E-state index contributed by atoms with van der Waals surface area (Å²) in [4.78, 5) is 0. The average molecular weight is 452 g/mol. The summed E-state index contributed by atoms with van der Waals surface area (Å²) in [6.45, 7) is 8.08. The molecule has 0 aromatic heterocycles. The molecule has 0 atom stereocenters. The highest BCUT2D eigenvalue weighted by atomic mass is 31.2. The van der Waals surface area contributed by atoms with E-state index in [1.54, 1.807) is 0 Å². The zero-order valence-corrected chi connectivity index (χ0v) is 21.5. The molecule has 184 valence electrons. The Bertz CT molecular complexity index is 317. The Morgan fingerprint density at radius 3 is 0.933 bits per heavy atom. The van der Waals surface area contributed by atoms with Crippen molar-refractivity contribution in [3.05, 3.63) is 0 Å². The van der Waals surface area contributed by atoms with E-state index in [4.69, 9.17) is 13.6 Å². The maximum atomic E-state index is 13.0. The van der Waals surface area contributed by atoms with Gasteiger partial charge in [-0.3, -0.25) is 13.6 Å². The summed E-state index contributed by atoms with van der Waals surface area (Å²) < 4.78 is 29.9. The van der Waals surface area contributed by atoms with Crippen LogP contribution in [0.15, 0.2) is 0 Å². The Morgan fingerprint density at radius 2 is 0.667 bits per heavy atom. The van der Waals surface area contributed by atoms with Crippen LogP contribution in [0.2, 0.25) is 0 Å². The van der Waals surface area contributed by atoms with E-state index < -0.39 is 7.82 Å². The second kappa shape index (κ2) is 25.3. The Balaban J connectivity index is 0. The van der Waals surface area contributed by atoms with E-state index in [0.29, 0.717) is 19.8 Å². The van der Waals surface area contributed by atoms with Crippen molar-refractivity contribution in [2.45, 2.75) is 136 Å². The van der Waals surface area contributed by atoms with E-state index in [9.17, 15) is 4.57 Å². The van der Waals surface area contributed by atoms with Crippen LogP contribution in [0.5, 0.6) is 0 Å². The van der Waals surface area contributed by atoms with Crippen LogP contribution < -0.4 is 6.15 Å². The van der Waals surface area contributed by atoms with Crippen LogP contribution >= 0.6 is 7.82 Å². The Kier molecular flexibility index (Phi) is 27.2. The van der Waals surface area contributed by atoms with Crippen LogP contribution in [0.3, 0.4) is 0 Å². The molecular weight excluding hydrogens is 397 g/mol. The fourth-order valence-electron chi connectivity index (χ4n) is 3.29. The van der Waals surface area contributed by atoms with Crippen LogP contribution in [0.25, 0.3) is 0 Å². The van der Waals surface area contributed by atoms with Crippen molar-refractivity contribution < 1.29 is 18.1 Å². The third-order valence-corrected chi connectivity index (χ3v) is 6.74. The maximum Gasteiger partial charge on any atom is 0.474 e. The van der Waals surface area contributed by atoms with Crippen molar-refractivity contribution in [2.75, 3.05) is 19.8 Å². The predicted octanol–water partition coefficient (Wildman–Crippen LogP) is 9.39. The normalized spacial score (nSPS) is 11.6. The lowest BCUT2D eigenvalue weighted by atomic mass is 10.1. The molecule has 0 spiro atoms. The van der Waals surface area contributed by atoms with Crippen molar-refractivity contribution in [3.8, 4) is 0 Å². The largest absolute Gasteiger partial charge is 0.474 e. The molecule has 0 aliphatic heterocycles. The summed E-state index contributed by atoms with van der Waals surface area (Å²) in [7, 11) is -3.40. The Morgan fingerprint density at radius 1 is 0.433 bits per heavy atom. The highest BCUT2D eigenvalue weighted by Gasteiger charge is 2.26. The first kappa shape index (κ1) is 32.3. The van der Waals surface area contributed by atoms with Gasteiger partial charge in [0, 0.05) is 0 Å². The molecule has 0 saturated heterocycles. The minimum absolute atomic E-state index is 0. The Hall–Kier alpha value is 0.0700. The molecule has 0 unspecified atom stereocenters. The van der Waals surface area contributed by atoms with E-state index >= 15 is 0 Å². The van der Waals surface area contributed by atoms with Crippen molar-refractivity contribution in [3.63, 3.8) is 0 Å². The number of phosphoric ester groups is 1. The van der Waals surface area contributed by atoms with Gasteiger partial charge < -0.3 is 6.15 Å². The van der Waals surface area contributed by atoms with Gasteiger partial charge in [-0.15, -0.1) is 0 Å². The molecule has 0 bridgehead atoms. The van der Waals surface area contributed by atoms with Crippen LogP contribution in [-0.2, 0) is 18.1 Å². The first-order chi connectivity index (χ1) is 14.2. The van der Waals surface area contributed by atoms with Crippen LogP contribution in [-0.4, -0.2) is 19.8 Å². The molecule has 6 heteroatoms. The van der Waals surface area contributed by atoms with Gasteiger partial charge >= 0.3 is 7.82 Å². The molecular formula is C24H54NO4P. The maximum absolute atomic E-state index is 13.0. The predicted molar refractivity (Wildman–Crippen MR) is 131 cm³/mol. The van der Waals surface area contributed by atoms with Crippen LogP contribution in [0.4, 0.5) is 0 Å². The van der Waals surface area contributed by atoms with Crippen LogP contribution in [0.1, 0.15) is 136 Å². The van der Waals surface area contributed by atoms with E-state index in [1.807, 2.05) is 0 Å². The average Bonchev–Trinajstić information content (AvgIpc) is 2.72. The summed E-state index contributed by atoms with van der Waals surface area (Å²) in [5.41, 5.74) is 0. The van der Waals surface area contributed by atoms with Gasteiger partial charge in [-0.1, -0.05) is 117 Å².